The van der Waals surface area contributed by atoms with E-state index in [9.17, 15) is 13.2 Å². The van der Waals surface area contributed by atoms with Gasteiger partial charge in [0.2, 0.25) is 15.9 Å². The monoisotopic (exact) mass is 435 g/mol. The lowest BCUT2D eigenvalue weighted by Crippen LogP contribution is -2.43. The maximum atomic E-state index is 13.0. The molecular formula is C21H29N3O3S2. The summed E-state index contributed by atoms with van der Waals surface area (Å²) < 4.78 is 28.8. The van der Waals surface area contributed by atoms with Gasteiger partial charge in [0.15, 0.2) is 0 Å². The summed E-state index contributed by atoms with van der Waals surface area (Å²) in [5, 5.41) is 0. The first-order valence-electron chi connectivity index (χ1n) is 10.8. The van der Waals surface area contributed by atoms with Crippen LogP contribution in [-0.2, 0) is 27.7 Å². The summed E-state index contributed by atoms with van der Waals surface area (Å²) in [5.74, 6) is 3.10. The normalized spacial score (nSPS) is 25.6. The standard InChI is InChI=1S/C21H29N3O3S2/c25-20-2-1-16-11-19(12-17-5-9-24(20)21(16)17)29(26,27)22-13-15-3-7-23(8-4-15)18-6-10-28-14-18/h11-12,15,18,22H,1-10,13-14H2/t18-/m1/s1. The van der Waals surface area contributed by atoms with E-state index in [4.69, 9.17) is 0 Å². The molecular weight excluding hydrogens is 406 g/mol. The zero-order valence-electron chi connectivity index (χ0n) is 16.7. The fourth-order valence-electron chi connectivity index (χ4n) is 5.22. The van der Waals surface area contributed by atoms with Crippen LogP contribution in [0.1, 0.15) is 36.8 Å². The first-order chi connectivity index (χ1) is 14.0. The van der Waals surface area contributed by atoms with Crippen molar-refractivity contribution in [3.63, 3.8) is 0 Å². The van der Waals surface area contributed by atoms with Crippen molar-refractivity contribution >= 4 is 33.4 Å². The number of hydrogen-bond acceptors (Lipinski definition) is 5. The van der Waals surface area contributed by atoms with Gasteiger partial charge in [0.1, 0.15) is 0 Å². The van der Waals surface area contributed by atoms with Crippen molar-refractivity contribution in [3.05, 3.63) is 23.3 Å². The Morgan fingerprint density at radius 1 is 1.03 bits per heavy atom. The number of sulfonamides is 1. The second-order valence-electron chi connectivity index (χ2n) is 8.73. The molecule has 0 radical (unpaired) electrons. The van der Waals surface area contributed by atoms with E-state index in [0.29, 0.717) is 36.7 Å². The Kier molecular flexibility index (Phi) is 5.39. The van der Waals surface area contributed by atoms with Crippen molar-refractivity contribution < 1.29 is 13.2 Å². The Hall–Kier alpha value is -1.09. The lowest BCUT2D eigenvalue weighted by molar-refractivity contribution is -0.118. The summed E-state index contributed by atoms with van der Waals surface area (Å²) in [6.07, 6.45) is 5.29. The molecule has 1 aromatic rings. The highest BCUT2D eigenvalue weighted by Crippen LogP contribution is 2.38. The maximum absolute atomic E-state index is 13.0. The number of amides is 1. The van der Waals surface area contributed by atoms with Gasteiger partial charge in [-0.15, -0.1) is 0 Å². The molecule has 0 aromatic heterocycles. The number of aryl methyl sites for hydroxylation is 1. The second-order valence-corrected chi connectivity index (χ2v) is 11.7. The minimum absolute atomic E-state index is 0.160. The summed E-state index contributed by atoms with van der Waals surface area (Å²) in [5.41, 5.74) is 2.97. The molecule has 6 nitrogen and oxygen atoms in total. The molecule has 0 unspecified atom stereocenters. The molecule has 29 heavy (non-hydrogen) atoms. The van der Waals surface area contributed by atoms with Crippen LogP contribution in [0.2, 0.25) is 0 Å². The number of rotatable bonds is 5. The zero-order chi connectivity index (χ0) is 20.0. The molecule has 5 rings (SSSR count). The van der Waals surface area contributed by atoms with Crippen LogP contribution in [-0.4, -0.2) is 63.0 Å². The number of carbonyl (C=O) groups excluding carboxylic acids is 1. The van der Waals surface area contributed by atoms with Crippen LogP contribution in [0.15, 0.2) is 17.0 Å². The van der Waals surface area contributed by atoms with Gasteiger partial charge in [-0.05, 0) is 80.1 Å². The van der Waals surface area contributed by atoms with E-state index >= 15 is 0 Å². The number of likely N-dealkylation sites (tertiary alicyclic amines) is 1. The van der Waals surface area contributed by atoms with E-state index in [1.165, 1.54) is 17.9 Å². The Labute approximate surface area is 177 Å². The Bertz CT molecular complexity index is 904. The smallest absolute Gasteiger partial charge is 0.240 e. The summed E-state index contributed by atoms with van der Waals surface area (Å²) >= 11 is 2.05. The number of nitrogens with zero attached hydrogens (tertiary/aromatic N) is 2. The maximum Gasteiger partial charge on any atom is 0.240 e. The summed E-state index contributed by atoms with van der Waals surface area (Å²) in [7, 11) is -3.52. The molecule has 2 fully saturated rings. The molecule has 0 aliphatic carbocycles. The first-order valence-corrected chi connectivity index (χ1v) is 13.4. The highest BCUT2D eigenvalue weighted by atomic mass is 32.2. The third-order valence-electron chi connectivity index (χ3n) is 6.97. The lowest BCUT2D eigenvalue weighted by Gasteiger charge is -2.35. The fraction of sp³-hybridized carbons (Fsp3) is 0.667. The van der Waals surface area contributed by atoms with Crippen molar-refractivity contribution in [1.82, 2.24) is 9.62 Å². The molecule has 2 saturated heterocycles. The largest absolute Gasteiger partial charge is 0.312 e. The molecule has 8 heteroatoms. The predicted octanol–water partition coefficient (Wildman–Crippen LogP) is 2.02. The number of thioether (sulfide) groups is 1. The third-order valence-corrected chi connectivity index (χ3v) is 9.52. The van der Waals surface area contributed by atoms with Crippen molar-refractivity contribution in [2.75, 3.05) is 42.6 Å². The average molecular weight is 436 g/mol. The van der Waals surface area contributed by atoms with Crippen molar-refractivity contribution in [1.29, 1.82) is 0 Å². The third kappa shape index (κ3) is 3.84. The van der Waals surface area contributed by atoms with Crippen LogP contribution in [0, 0.1) is 5.92 Å². The van der Waals surface area contributed by atoms with Crippen LogP contribution >= 0.6 is 11.8 Å². The van der Waals surface area contributed by atoms with Gasteiger partial charge in [0, 0.05) is 31.3 Å². The lowest BCUT2D eigenvalue weighted by atomic mass is 9.96. The van der Waals surface area contributed by atoms with Crippen LogP contribution in [0.25, 0.3) is 0 Å². The highest BCUT2D eigenvalue weighted by Gasteiger charge is 2.33. The van der Waals surface area contributed by atoms with Crippen LogP contribution in [0.4, 0.5) is 5.69 Å². The van der Waals surface area contributed by atoms with Crippen molar-refractivity contribution in [2.24, 2.45) is 5.92 Å². The van der Waals surface area contributed by atoms with Crippen LogP contribution in [0.3, 0.4) is 0 Å². The average Bonchev–Trinajstić information content (AvgIpc) is 3.41. The molecule has 158 valence electrons. The van der Waals surface area contributed by atoms with Gasteiger partial charge >= 0.3 is 0 Å². The topological polar surface area (TPSA) is 69.7 Å². The number of carbonyl (C=O) groups is 1. The van der Waals surface area contributed by atoms with E-state index in [-0.39, 0.29) is 5.91 Å². The van der Waals surface area contributed by atoms with E-state index in [0.717, 1.165) is 55.2 Å². The Balaban J connectivity index is 1.23. The Morgan fingerprint density at radius 2 is 1.79 bits per heavy atom. The number of piperidine rings is 1. The number of nitrogens with one attached hydrogen (secondary N) is 1. The molecule has 1 N–H and O–H groups in total. The number of anilines is 1. The number of benzene rings is 1. The molecule has 1 amide bonds. The van der Waals surface area contributed by atoms with Gasteiger partial charge in [0.25, 0.3) is 0 Å². The zero-order valence-corrected chi connectivity index (χ0v) is 18.4. The molecule has 4 aliphatic rings. The van der Waals surface area contributed by atoms with Gasteiger partial charge in [-0.25, -0.2) is 13.1 Å². The molecule has 1 atom stereocenters. The fourth-order valence-corrected chi connectivity index (χ4v) is 7.70. The summed E-state index contributed by atoms with van der Waals surface area (Å²) in [6.45, 7) is 3.37. The van der Waals surface area contributed by atoms with E-state index in [2.05, 4.69) is 9.62 Å². The van der Waals surface area contributed by atoms with Gasteiger partial charge in [0.05, 0.1) is 10.6 Å². The molecule has 4 aliphatic heterocycles. The quantitative estimate of drug-likeness (QED) is 0.766. The minimum Gasteiger partial charge on any atom is -0.312 e. The minimum atomic E-state index is -3.52. The first kappa shape index (κ1) is 19.8. The van der Waals surface area contributed by atoms with Crippen molar-refractivity contribution in [3.8, 4) is 0 Å². The summed E-state index contributed by atoms with van der Waals surface area (Å²) in [6, 6.07) is 4.29. The van der Waals surface area contributed by atoms with Crippen molar-refractivity contribution in [2.45, 2.75) is 49.5 Å². The van der Waals surface area contributed by atoms with E-state index in [1.54, 1.807) is 12.1 Å². The molecule has 0 spiro atoms. The summed E-state index contributed by atoms with van der Waals surface area (Å²) in [4.78, 5) is 16.9. The Morgan fingerprint density at radius 3 is 2.52 bits per heavy atom. The van der Waals surface area contributed by atoms with Gasteiger partial charge in [-0.1, -0.05) is 0 Å². The van der Waals surface area contributed by atoms with Gasteiger partial charge in [-0.3, -0.25) is 9.69 Å². The highest BCUT2D eigenvalue weighted by molar-refractivity contribution is 7.99. The number of hydrogen-bond donors (Lipinski definition) is 1. The predicted molar refractivity (Wildman–Crippen MR) is 116 cm³/mol. The molecule has 4 heterocycles. The molecule has 1 aromatic carbocycles. The van der Waals surface area contributed by atoms with Gasteiger partial charge < -0.3 is 4.90 Å². The van der Waals surface area contributed by atoms with Gasteiger partial charge in [-0.2, -0.15) is 11.8 Å². The van der Waals surface area contributed by atoms with E-state index < -0.39 is 10.0 Å². The molecule has 0 saturated carbocycles. The SMILES string of the molecule is O=C1CCc2cc(S(=O)(=O)NCC3CCN([C@@H]4CCSC4)CC3)cc3c2N1CC3. The van der Waals surface area contributed by atoms with Crippen LogP contribution < -0.4 is 9.62 Å². The van der Waals surface area contributed by atoms with E-state index in [1.807, 2.05) is 16.7 Å². The second kappa shape index (κ2) is 7.87. The van der Waals surface area contributed by atoms with Crippen LogP contribution in [0.5, 0.6) is 0 Å². The molecule has 0 bridgehead atoms.